The number of carbonyl (C=O) groups excluding carboxylic acids is 1. The number of nitrogens with one attached hydrogen (secondary N) is 2. The largest absolute Gasteiger partial charge is 0.508 e. The minimum atomic E-state index is -4.67. The van der Waals surface area contributed by atoms with Crippen molar-refractivity contribution >= 4 is 34.1 Å². The van der Waals surface area contributed by atoms with E-state index in [0.717, 1.165) is 16.1 Å². The Morgan fingerprint density at radius 2 is 1.88 bits per heavy atom. The van der Waals surface area contributed by atoms with Crippen molar-refractivity contribution in [3.8, 4) is 11.6 Å². The standard InChI is InChI=1S/C21H15ClF3N5O2/c22-18-5-2-6-19(28-18)30-13(9-17(29-30)21(23,24)25)11-26-20(32)27-16-4-1-3-12-7-8-14(31)10-15(12)16/h1-10,31H,11H2,(H2,26,27,32). The van der Waals surface area contributed by atoms with E-state index in [9.17, 15) is 23.1 Å². The maximum atomic E-state index is 13.2. The zero-order valence-corrected chi connectivity index (χ0v) is 16.9. The van der Waals surface area contributed by atoms with E-state index in [1.54, 1.807) is 18.2 Å². The van der Waals surface area contributed by atoms with Crippen molar-refractivity contribution in [1.82, 2.24) is 20.1 Å². The van der Waals surface area contributed by atoms with E-state index < -0.39 is 17.9 Å². The Kier molecular flexibility index (Phi) is 5.62. The third-order valence-electron chi connectivity index (χ3n) is 4.53. The number of rotatable bonds is 4. The molecule has 11 heteroatoms. The van der Waals surface area contributed by atoms with Crippen LogP contribution in [0.1, 0.15) is 11.4 Å². The van der Waals surface area contributed by atoms with Crippen molar-refractivity contribution in [2.24, 2.45) is 0 Å². The SMILES string of the molecule is O=C(NCc1cc(C(F)(F)F)nn1-c1cccc(Cl)n1)Nc1cccc2ccc(O)cc12. The fraction of sp³-hybridized carbons (Fsp3) is 0.0952. The van der Waals surface area contributed by atoms with Gasteiger partial charge in [-0.1, -0.05) is 35.9 Å². The van der Waals surface area contributed by atoms with E-state index in [-0.39, 0.29) is 29.0 Å². The number of nitrogens with zero attached hydrogens (tertiary/aromatic N) is 3. The molecule has 2 heterocycles. The second-order valence-electron chi connectivity index (χ2n) is 6.77. The van der Waals surface area contributed by atoms with Gasteiger partial charge in [0.1, 0.15) is 10.9 Å². The van der Waals surface area contributed by atoms with E-state index >= 15 is 0 Å². The van der Waals surface area contributed by atoms with Crippen LogP contribution in [0.15, 0.2) is 60.7 Å². The first kappa shape index (κ1) is 21.4. The summed E-state index contributed by atoms with van der Waals surface area (Å²) in [5, 5.41) is 19.9. The lowest BCUT2D eigenvalue weighted by Gasteiger charge is -2.11. The van der Waals surface area contributed by atoms with Crippen LogP contribution in [0.4, 0.5) is 23.7 Å². The van der Waals surface area contributed by atoms with Crippen LogP contribution in [-0.2, 0) is 12.7 Å². The van der Waals surface area contributed by atoms with Crippen LogP contribution in [0.5, 0.6) is 5.75 Å². The van der Waals surface area contributed by atoms with Crippen LogP contribution in [-0.4, -0.2) is 25.9 Å². The van der Waals surface area contributed by atoms with Crippen LogP contribution in [0.3, 0.4) is 0 Å². The van der Waals surface area contributed by atoms with Gasteiger partial charge in [0, 0.05) is 5.39 Å². The highest BCUT2D eigenvalue weighted by atomic mass is 35.5. The highest BCUT2D eigenvalue weighted by Crippen LogP contribution is 2.30. The Hall–Kier alpha value is -3.79. The minimum Gasteiger partial charge on any atom is -0.508 e. The normalized spacial score (nSPS) is 11.5. The molecule has 0 unspecified atom stereocenters. The molecule has 0 bridgehead atoms. The van der Waals surface area contributed by atoms with Crippen LogP contribution < -0.4 is 10.6 Å². The molecule has 2 amide bonds. The summed E-state index contributed by atoms with van der Waals surface area (Å²) < 4.78 is 40.6. The van der Waals surface area contributed by atoms with Gasteiger partial charge in [-0.25, -0.2) is 14.5 Å². The number of phenolic OH excluding ortho intramolecular Hbond substituents is 1. The van der Waals surface area contributed by atoms with Crippen molar-refractivity contribution in [2.45, 2.75) is 12.7 Å². The number of fused-ring (bicyclic) bond motifs is 1. The number of hydrogen-bond acceptors (Lipinski definition) is 4. The predicted molar refractivity (Wildman–Crippen MR) is 113 cm³/mol. The van der Waals surface area contributed by atoms with E-state index in [4.69, 9.17) is 11.6 Å². The quantitative estimate of drug-likeness (QED) is 0.368. The number of aromatic nitrogens is 3. The zero-order valence-electron chi connectivity index (χ0n) is 16.2. The first-order valence-corrected chi connectivity index (χ1v) is 9.64. The van der Waals surface area contributed by atoms with Crippen molar-refractivity contribution in [3.63, 3.8) is 0 Å². The van der Waals surface area contributed by atoms with Crippen molar-refractivity contribution < 1.29 is 23.1 Å². The van der Waals surface area contributed by atoms with E-state index in [0.29, 0.717) is 11.1 Å². The van der Waals surface area contributed by atoms with Gasteiger partial charge < -0.3 is 15.7 Å². The van der Waals surface area contributed by atoms with Crippen molar-refractivity contribution in [3.05, 3.63) is 77.2 Å². The summed E-state index contributed by atoms with van der Waals surface area (Å²) >= 11 is 5.85. The summed E-state index contributed by atoms with van der Waals surface area (Å²) in [4.78, 5) is 16.4. The zero-order chi connectivity index (χ0) is 22.9. The molecular weight excluding hydrogens is 447 g/mol. The minimum absolute atomic E-state index is 0.0322. The summed E-state index contributed by atoms with van der Waals surface area (Å²) in [6, 6.07) is 14.5. The van der Waals surface area contributed by atoms with Gasteiger partial charge >= 0.3 is 12.2 Å². The van der Waals surface area contributed by atoms with Gasteiger partial charge in [-0.3, -0.25) is 0 Å². The fourth-order valence-corrected chi connectivity index (χ4v) is 3.26. The fourth-order valence-electron chi connectivity index (χ4n) is 3.11. The molecule has 2 aromatic carbocycles. The number of urea groups is 1. The number of phenols is 1. The molecule has 0 spiro atoms. The van der Waals surface area contributed by atoms with Gasteiger partial charge in [0.15, 0.2) is 11.5 Å². The highest BCUT2D eigenvalue weighted by Gasteiger charge is 2.35. The number of amides is 2. The Morgan fingerprint density at radius 1 is 1.09 bits per heavy atom. The number of anilines is 1. The topological polar surface area (TPSA) is 92.1 Å². The molecular formula is C21H15ClF3N5O2. The first-order valence-electron chi connectivity index (χ1n) is 9.26. The second kappa shape index (κ2) is 8.39. The molecule has 0 aliphatic carbocycles. The predicted octanol–water partition coefficient (Wildman–Crippen LogP) is 5.12. The number of halogens is 4. The maximum Gasteiger partial charge on any atom is 0.435 e. The van der Waals surface area contributed by atoms with Crippen LogP contribution in [0.2, 0.25) is 5.15 Å². The molecule has 0 aliphatic rings. The average molecular weight is 462 g/mol. The van der Waals surface area contributed by atoms with Crippen molar-refractivity contribution in [1.29, 1.82) is 0 Å². The number of alkyl halides is 3. The van der Waals surface area contributed by atoms with Gasteiger partial charge in [-0.2, -0.15) is 18.3 Å². The number of benzene rings is 2. The molecule has 0 saturated heterocycles. The number of aromatic hydroxyl groups is 1. The van der Waals surface area contributed by atoms with Gasteiger partial charge in [0.05, 0.1) is 17.9 Å². The molecule has 4 aromatic rings. The Bertz CT molecular complexity index is 1310. The average Bonchev–Trinajstić information content (AvgIpc) is 3.18. The maximum absolute atomic E-state index is 13.2. The molecule has 3 N–H and O–H groups in total. The second-order valence-corrected chi connectivity index (χ2v) is 7.15. The molecule has 0 atom stereocenters. The third kappa shape index (κ3) is 4.59. The van der Waals surface area contributed by atoms with Gasteiger partial charge in [-0.05, 0) is 41.8 Å². The molecule has 2 aromatic heterocycles. The highest BCUT2D eigenvalue weighted by molar-refractivity contribution is 6.29. The van der Waals surface area contributed by atoms with Gasteiger partial charge in [0.2, 0.25) is 0 Å². The monoisotopic (exact) mass is 461 g/mol. The molecule has 0 fully saturated rings. The van der Waals surface area contributed by atoms with E-state index in [2.05, 4.69) is 20.7 Å². The molecule has 0 aliphatic heterocycles. The molecule has 0 radical (unpaired) electrons. The molecule has 7 nitrogen and oxygen atoms in total. The molecule has 164 valence electrons. The molecule has 0 saturated carbocycles. The first-order chi connectivity index (χ1) is 15.2. The van der Waals surface area contributed by atoms with Crippen LogP contribution in [0, 0.1) is 0 Å². The smallest absolute Gasteiger partial charge is 0.435 e. The number of carbonyl (C=O) groups is 1. The summed E-state index contributed by atoms with van der Waals surface area (Å²) in [5.74, 6) is 0.111. The Labute approximate surface area is 184 Å². The number of hydrogen-bond donors (Lipinski definition) is 3. The summed E-state index contributed by atoms with van der Waals surface area (Å²) in [6.45, 7) is -0.265. The van der Waals surface area contributed by atoms with Gasteiger partial charge in [0.25, 0.3) is 0 Å². The lowest BCUT2D eigenvalue weighted by Crippen LogP contribution is -2.29. The molecule has 32 heavy (non-hydrogen) atoms. The summed E-state index contributed by atoms with van der Waals surface area (Å²) in [7, 11) is 0. The summed E-state index contributed by atoms with van der Waals surface area (Å²) in [5.41, 5.74) is -0.643. The Morgan fingerprint density at radius 3 is 2.62 bits per heavy atom. The van der Waals surface area contributed by atoms with Crippen LogP contribution in [0.25, 0.3) is 16.6 Å². The lowest BCUT2D eigenvalue weighted by atomic mass is 10.1. The Balaban J connectivity index is 1.56. The molecule has 4 rings (SSSR count). The third-order valence-corrected chi connectivity index (χ3v) is 4.75. The van der Waals surface area contributed by atoms with Crippen molar-refractivity contribution in [2.75, 3.05) is 5.32 Å². The van der Waals surface area contributed by atoms with Crippen LogP contribution >= 0.6 is 11.6 Å². The lowest BCUT2D eigenvalue weighted by molar-refractivity contribution is -0.141. The number of pyridine rings is 1. The van der Waals surface area contributed by atoms with Gasteiger partial charge in [-0.15, -0.1) is 0 Å². The van der Waals surface area contributed by atoms with E-state index in [1.807, 2.05) is 6.07 Å². The summed E-state index contributed by atoms with van der Waals surface area (Å²) in [6.07, 6.45) is -4.67. The van der Waals surface area contributed by atoms with E-state index in [1.165, 1.54) is 30.3 Å².